The maximum Gasteiger partial charge on any atom is 0.258 e. The van der Waals surface area contributed by atoms with Crippen molar-refractivity contribution in [2.45, 2.75) is 26.2 Å². The van der Waals surface area contributed by atoms with Gasteiger partial charge in [-0.1, -0.05) is 67.9 Å². The third kappa shape index (κ3) is 4.29. The van der Waals surface area contributed by atoms with Crippen LogP contribution in [0.3, 0.4) is 0 Å². The molecule has 3 rings (SSSR count). The summed E-state index contributed by atoms with van der Waals surface area (Å²) in [6, 6.07) is 19.0. The van der Waals surface area contributed by atoms with Crippen LogP contribution in [0.5, 0.6) is 0 Å². The first-order chi connectivity index (χ1) is 13.0. The van der Waals surface area contributed by atoms with Crippen LogP contribution < -0.4 is 10.6 Å². The van der Waals surface area contributed by atoms with E-state index >= 15 is 0 Å². The van der Waals surface area contributed by atoms with Crippen LogP contribution in [0.4, 0.5) is 5.69 Å². The average Bonchev–Trinajstić information content (AvgIpc) is 2.67. The lowest BCUT2D eigenvalue weighted by molar-refractivity contribution is 0.0979. The lowest BCUT2D eigenvalue weighted by Crippen LogP contribution is -2.34. The first kappa shape index (κ1) is 19.3. The molecule has 3 aromatic carbocycles. The monoisotopic (exact) mass is 396 g/mol. The highest BCUT2D eigenvalue weighted by molar-refractivity contribution is 7.80. The molecule has 3 aromatic rings. The van der Waals surface area contributed by atoms with E-state index in [0.29, 0.717) is 16.5 Å². The molecule has 5 heteroatoms. The second-order valence-electron chi connectivity index (χ2n) is 6.45. The highest BCUT2D eigenvalue weighted by Gasteiger charge is 2.14. The van der Waals surface area contributed by atoms with Crippen LogP contribution in [0.1, 0.15) is 42.1 Å². The van der Waals surface area contributed by atoms with Crippen molar-refractivity contribution in [1.29, 1.82) is 0 Å². The number of thiocarbonyl (C=S) groups is 1. The third-order valence-electron chi connectivity index (χ3n) is 4.69. The molecule has 0 saturated heterocycles. The van der Waals surface area contributed by atoms with E-state index in [1.54, 1.807) is 6.07 Å². The Balaban J connectivity index is 1.80. The van der Waals surface area contributed by atoms with Crippen molar-refractivity contribution in [1.82, 2.24) is 5.32 Å². The smallest absolute Gasteiger partial charge is 0.258 e. The van der Waals surface area contributed by atoms with E-state index in [2.05, 4.69) is 30.5 Å². The van der Waals surface area contributed by atoms with Crippen LogP contribution in [0.2, 0.25) is 5.02 Å². The quantitative estimate of drug-likeness (QED) is 0.521. The Morgan fingerprint density at radius 2 is 1.74 bits per heavy atom. The van der Waals surface area contributed by atoms with E-state index in [4.69, 9.17) is 23.8 Å². The highest BCUT2D eigenvalue weighted by Crippen LogP contribution is 2.27. The molecule has 0 aromatic heterocycles. The number of halogens is 1. The number of fused-ring (bicyclic) bond motifs is 1. The molecule has 0 unspecified atom stereocenters. The summed E-state index contributed by atoms with van der Waals surface area (Å²) in [4.78, 5) is 12.8. The zero-order valence-electron chi connectivity index (χ0n) is 15.3. The van der Waals surface area contributed by atoms with Gasteiger partial charge in [-0.3, -0.25) is 10.1 Å². The molecule has 138 valence electrons. The van der Waals surface area contributed by atoms with Gasteiger partial charge in [0, 0.05) is 21.7 Å². The fourth-order valence-electron chi connectivity index (χ4n) is 3.05. The zero-order chi connectivity index (χ0) is 19.4. The van der Waals surface area contributed by atoms with Crippen molar-refractivity contribution >= 4 is 51.3 Å². The Labute approximate surface area is 169 Å². The van der Waals surface area contributed by atoms with Crippen molar-refractivity contribution in [2.75, 3.05) is 5.32 Å². The molecule has 27 heavy (non-hydrogen) atoms. The van der Waals surface area contributed by atoms with E-state index in [9.17, 15) is 4.79 Å². The second kappa shape index (κ2) is 8.51. The summed E-state index contributed by atoms with van der Waals surface area (Å²) in [6.45, 7) is 4.31. The number of hydrogen-bond acceptors (Lipinski definition) is 2. The minimum absolute atomic E-state index is 0.263. The van der Waals surface area contributed by atoms with Crippen molar-refractivity contribution in [3.63, 3.8) is 0 Å². The molecule has 1 amide bonds. The van der Waals surface area contributed by atoms with Gasteiger partial charge in [-0.2, -0.15) is 0 Å². The van der Waals surface area contributed by atoms with E-state index < -0.39 is 0 Å². The summed E-state index contributed by atoms with van der Waals surface area (Å²) in [5.41, 5.74) is 2.63. The van der Waals surface area contributed by atoms with Crippen molar-refractivity contribution in [3.05, 3.63) is 76.8 Å². The molecule has 0 radical (unpaired) electrons. The standard InChI is InChI=1S/C22H21ClN2OS/c1-3-14(2)15-8-4-5-13-20(15)24-22(27)25-21(26)18-11-6-10-17-16(18)9-7-12-19(17)23/h4-14H,3H2,1-2H3,(H2,24,25,26,27)/t14-/m1/s1. The number of carbonyl (C=O) groups is 1. The van der Waals surface area contributed by atoms with Gasteiger partial charge in [0.25, 0.3) is 5.91 Å². The van der Waals surface area contributed by atoms with E-state index in [1.165, 1.54) is 5.56 Å². The summed E-state index contributed by atoms with van der Waals surface area (Å²) in [5.74, 6) is 0.133. The Morgan fingerprint density at radius 3 is 2.52 bits per heavy atom. The molecule has 2 N–H and O–H groups in total. The average molecular weight is 397 g/mol. The maximum atomic E-state index is 12.8. The molecule has 0 spiro atoms. The molecular weight excluding hydrogens is 376 g/mol. The number of benzene rings is 3. The highest BCUT2D eigenvalue weighted by atomic mass is 35.5. The largest absolute Gasteiger partial charge is 0.332 e. The molecule has 0 aliphatic rings. The minimum Gasteiger partial charge on any atom is -0.332 e. The number of carbonyl (C=O) groups excluding carboxylic acids is 1. The van der Waals surface area contributed by atoms with Gasteiger partial charge in [-0.05, 0) is 53.7 Å². The predicted molar refractivity (Wildman–Crippen MR) is 118 cm³/mol. The van der Waals surface area contributed by atoms with Gasteiger partial charge in [0.05, 0.1) is 0 Å². The fourth-order valence-corrected chi connectivity index (χ4v) is 3.49. The lowest BCUT2D eigenvalue weighted by atomic mass is 9.97. The van der Waals surface area contributed by atoms with Gasteiger partial charge < -0.3 is 5.32 Å². The molecule has 0 aliphatic carbocycles. The molecule has 0 fully saturated rings. The molecule has 3 nitrogen and oxygen atoms in total. The Bertz CT molecular complexity index is 1000. The Morgan fingerprint density at radius 1 is 1.04 bits per heavy atom. The second-order valence-corrected chi connectivity index (χ2v) is 7.26. The lowest BCUT2D eigenvalue weighted by Gasteiger charge is -2.17. The number of amides is 1. The molecule has 1 atom stereocenters. The summed E-state index contributed by atoms with van der Waals surface area (Å²) in [6.07, 6.45) is 1.02. The van der Waals surface area contributed by atoms with Crippen LogP contribution in [-0.4, -0.2) is 11.0 Å². The minimum atomic E-state index is -0.263. The Hall–Kier alpha value is -2.43. The van der Waals surface area contributed by atoms with Gasteiger partial charge in [-0.15, -0.1) is 0 Å². The summed E-state index contributed by atoms with van der Waals surface area (Å²) >= 11 is 11.6. The van der Waals surface area contributed by atoms with Gasteiger partial charge >= 0.3 is 0 Å². The van der Waals surface area contributed by atoms with Crippen molar-refractivity contribution < 1.29 is 4.79 Å². The predicted octanol–water partition coefficient (Wildman–Crippen LogP) is 6.13. The van der Waals surface area contributed by atoms with E-state index in [0.717, 1.165) is 22.9 Å². The van der Waals surface area contributed by atoms with Crippen molar-refractivity contribution in [2.24, 2.45) is 0 Å². The SMILES string of the molecule is CC[C@@H](C)c1ccccc1NC(=S)NC(=O)c1cccc2c(Cl)cccc12. The third-order valence-corrected chi connectivity index (χ3v) is 5.23. The van der Waals surface area contributed by atoms with E-state index in [1.807, 2.05) is 48.5 Å². The van der Waals surface area contributed by atoms with Crippen LogP contribution in [0.15, 0.2) is 60.7 Å². The normalized spacial score (nSPS) is 11.8. The number of nitrogens with one attached hydrogen (secondary N) is 2. The topological polar surface area (TPSA) is 41.1 Å². The van der Waals surface area contributed by atoms with E-state index in [-0.39, 0.29) is 11.0 Å². The van der Waals surface area contributed by atoms with Gasteiger partial charge in [0.2, 0.25) is 0 Å². The number of hydrogen-bond donors (Lipinski definition) is 2. The number of para-hydroxylation sites is 1. The number of rotatable bonds is 4. The molecule has 0 heterocycles. The number of anilines is 1. The molecule has 0 aliphatic heterocycles. The van der Waals surface area contributed by atoms with Crippen molar-refractivity contribution in [3.8, 4) is 0 Å². The molecular formula is C22H21ClN2OS. The summed E-state index contributed by atoms with van der Waals surface area (Å²) in [5, 5.41) is 8.46. The molecule has 0 saturated carbocycles. The van der Waals surface area contributed by atoms with Crippen LogP contribution >= 0.6 is 23.8 Å². The van der Waals surface area contributed by atoms with Crippen LogP contribution in [-0.2, 0) is 0 Å². The van der Waals surface area contributed by atoms with Gasteiger partial charge in [-0.25, -0.2) is 0 Å². The summed E-state index contributed by atoms with van der Waals surface area (Å²) in [7, 11) is 0. The Kier molecular flexibility index (Phi) is 6.09. The first-order valence-corrected chi connectivity index (χ1v) is 9.68. The van der Waals surface area contributed by atoms with Crippen LogP contribution in [0, 0.1) is 0 Å². The zero-order valence-corrected chi connectivity index (χ0v) is 16.8. The van der Waals surface area contributed by atoms with Crippen LogP contribution in [0.25, 0.3) is 10.8 Å². The molecule has 0 bridgehead atoms. The van der Waals surface area contributed by atoms with Gasteiger partial charge in [0.15, 0.2) is 5.11 Å². The maximum absolute atomic E-state index is 12.8. The van der Waals surface area contributed by atoms with Gasteiger partial charge in [0.1, 0.15) is 0 Å². The fraction of sp³-hybridized carbons (Fsp3) is 0.182. The first-order valence-electron chi connectivity index (χ1n) is 8.89. The summed E-state index contributed by atoms with van der Waals surface area (Å²) < 4.78 is 0.